The van der Waals surface area contributed by atoms with E-state index in [0.717, 1.165) is 12.1 Å². The van der Waals surface area contributed by atoms with Crippen molar-refractivity contribution >= 4 is 28.9 Å². The van der Waals surface area contributed by atoms with Crippen molar-refractivity contribution in [1.82, 2.24) is 0 Å². The molecule has 0 aromatic heterocycles. The molecule has 0 spiro atoms. The first kappa shape index (κ1) is 23.6. The normalized spacial score (nSPS) is 11.9. The fraction of sp³-hybridized carbons (Fsp3) is 0.167. The molecule has 0 aliphatic carbocycles. The Morgan fingerprint density at radius 1 is 0.879 bits per heavy atom. The van der Waals surface area contributed by atoms with E-state index in [1.165, 1.54) is 26.2 Å². The minimum Gasteiger partial charge on any atom is -0.494 e. The highest BCUT2D eigenvalue weighted by molar-refractivity contribution is 5.97. The largest absolute Gasteiger partial charge is 0.494 e. The molecular formula is C24H22F3N3O3. The van der Waals surface area contributed by atoms with Crippen molar-refractivity contribution in [2.75, 3.05) is 23.1 Å². The Morgan fingerprint density at radius 3 is 2.24 bits per heavy atom. The summed E-state index contributed by atoms with van der Waals surface area (Å²) in [4.78, 5) is 24.5. The second-order valence-corrected chi connectivity index (χ2v) is 7.15. The van der Waals surface area contributed by atoms with Crippen LogP contribution in [-0.4, -0.2) is 18.9 Å². The number of rotatable bonds is 7. The third-order valence-corrected chi connectivity index (χ3v) is 4.68. The third-order valence-electron chi connectivity index (χ3n) is 4.68. The van der Waals surface area contributed by atoms with Gasteiger partial charge in [-0.05, 0) is 35.9 Å². The number of nitrogens with one attached hydrogen (secondary N) is 3. The lowest BCUT2D eigenvalue weighted by Gasteiger charge is -2.21. The van der Waals surface area contributed by atoms with Crippen LogP contribution in [-0.2, 0) is 15.8 Å². The zero-order valence-electron chi connectivity index (χ0n) is 17.9. The van der Waals surface area contributed by atoms with Crippen molar-refractivity contribution in [2.24, 2.45) is 0 Å². The topological polar surface area (TPSA) is 79.5 Å². The number of methoxy groups -OCH3 is 1. The molecule has 0 saturated carbocycles. The van der Waals surface area contributed by atoms with E-state index >= 15 is 0 Å². The van der Waals surface area contributed by atoms with E-state index in [0.29, 0.717) is 22.7 Å². The van der Waals surface area contributed by atoms with Gasteiger partial charge in [-0.1, -0.05) is 36.4 Å². The van der Waals surface area contributed by atoms with Gasteiger partial charge in [0.25, 0.3) is 5.91 Å². The molecule has 3 rings (SSSR count). The van der Waals surface area contributed by atoms with Gasteiger partial charge in [-0.2, -0.15) is 13.2 Å². The summed E-state index contributed by atoms with van der Waals surface area (Å²) in [5.41, 5.74) is 0.736. The minimum atomic E-state index is -4.52. The number of halogens is 3. The average Bonchev–Trinajstić information content (AvgIpc) is 2.78. The summed E-state index contributed by atoms with van der Waals surface area (Å²) in [7, 11) is 1.44. The number of carbonyl (C=O) groups excluding carboxylic acids is 2. The van der Waals surface area contributed by atoms with Gasteiger partial charge in [0.05, 0.1) is 18.4 Å². The molecule has 3 aromatic carbocycles. The van der Waals surface area contributed by atoms with Crippen LogP contribution < -0.4 is 20.7 Å². The maximum atomic E-state index is 13.1. The van der Waals surface area contributed by atoms with E-state index in [1.807, 2.05) is 0 Å². The summed E-state index contributed by atoms with van der Waals surface area (Å²) >= 11 is 0. The Hall–Kier alpha value is -4.01. The van der Waals surface area contributed by atoms with Crippen LogP contribution in [0.4, 0.5) is 30.2 Å². The van der Waals surface area contributed by atoms with Crippen LogP contribution in [0.3, 0.4) is 0 Å². The molecule has 0 radical (unpaired) electrons. The Labute approximate surface area is 188 Å². The predicted octanol–water partition coefficient (Wildman–Crippen LogP) is 5.46. The first-order chi connectivity index (χ1) is 15.7. The highest BCUT2D eigenvalue weighted by Gasteiger charge is 2.31. The molecule has 0 aliphatic heterocycles. The molecule has 6 nitrogen and oxygen atoms in total. The summed E-state index contributed by atoms with van der Waals surface area (Å²) < 4.78 is 44.4. The summed E-state index contributed by atoms with van der Waals surface area (Å²) in [5.74, 6) is -0.442. The molecule has 0 aliphatic rings. The lowest BCUT2D eigenvalue weighted by atomic mass is 10.0. The van der Waals surface area contributed by atoms with Gasteiger partial charge in [0.15, 0.2) is 0 Å². The van der Waals surface area contributed by atoms with Gasteiger partial charge in [-0.15, -0.1) is 0 Å². The second-order valence-electron chi connectivity index (χ2n) is 7.15. The number of hydrogen-bond donors (Lipinski definition) is 3. The quantitative estimate of drug-likeness (QED) is 0.440. The lowest BCUT2D eigenvalue weighted by Crippen LogP contribution is -2.27. The number of anilines is 3. The molecule has 33 heavy (non-hydrogen) atoms. The van der Waals surface area contributed by atoms with E-state index in [-0.39, 0.29) is 11.6 Å². The summed E-state index contributed by atoms with van der Waals surface area (Å²) in [6.07, 6.45) is -4.52. The van der Waals surface area contributed by atoms with Crippen LogP contribution >= 0.6 is 0 Å². The van der Waals surface area contributed by atoms with Gasteiger partial charge < -0.3 is 20.7 Å². The molecular weight excluding hydrogens is 435 g/mol. The number of carbonyl (C=O) groups is 2. The number of benzene rings is 3. The fourth-order valence-electron chi connectivity index (χ4n) is 3.17. The van der Waals surface area contributed by atoms with Crippen LogP contribution in [0, 0.1) is 0 Å². The Balaban J connectivity index is 1.89. The Kier molecular flexibility index (Phi) is 7.22. The Bertz CT molecular complexity index is 1130. The van der Waals surface area contributed by atoms with Crippen LogP contribution in [0.5, 0.6) is 5.75 Å². The maximum Gasteiger partial charge on any atom is 0.416 e. The monoisotopic (exact) mass is 457 g/mol. The molecule has 0 fully saturated rings. The van der Waals surface area contributed by atoms with Crippen LogP contribution in [0.2, 0.25) is 0 Å². The molecule has 0 saturated heterocycles. The van der Waals surface area contributed by atoms with Gasteiger partial charge in [0.2, 0.25) is 5.91 Å². The van der Waals surface area contributed by atoms with Gasteiger partial charge in [0, 0.05) is 24.4 Å². The first-order valence-electron chi connectivity index (χ1n) is 9.92. The lowest BCUT2D eigenvalue weighted by molar-refractivity contribution is -0.137. The molecule has 2 amide bonds. The van der Waals surface area contributed by atoms with E-state index in [1.54, 1.807) is 48.5 Å². The van der Waals surface area contributed by atoms with E-state index < -0.39 is 23.7 Å². The molecule has 1 unspecified atom stereocenters. The first-order valence-corrected chi connectivity index (χ1v) is 9.92. The fourth-order valence-corrected chi connectivity index (χ4v) is 3.17. The number of ether oxygens (including phenoxy) is 1. The molecule has 1 atom stereocenters. The smallest absolute Gasteiger partial charge is 0.416 e. The highest BCUT2D eigenvalue weighted by atomic mass is 19.4. The van der Waals surface area contributed by atoms with Gasteiger partial charge >= 0.3 is 6.18 Å². The maximum absolute atomic E-state index is 13.1. The molecule has 0 bridgehead atoms. The zero-order valence-corrected chi connectivity index (χ0v) is 17.9. The minimum absolute atomic E-state index is 0.0242. The van der Waals surface area contributed by atoms with Crippen LogP contribution in [0.25, 0.3) is 0 Å². The highest BCUT2D eigenvalue weighted by Crippen LogP contribution is 2.32. The zero-order chi connectivity index (χ0) is 24.0. The van der Waals surface area contributed by atoms with Crippen molar-refractivity contribution < 1.29 is 27.5 Å². The van der Waals surface area contributed by atoms with E-state index in [9.17, 15) is 22.8 Å². The van der Waals surface area contributed by atoms with Crippen molar-refractivity contribution in [1.29, 1.82) is 0 Å². The second kappa shape index (κ2) is 10.1. The predicted molar refractivity (Wildman–Crippen MR) is 120 cm³/mol. The van der Waals surface area contributed by atoms with Crippen molar-refractivity contribution in [3.8, 4) is 5.75 Å². The molecule has 9 heteroatoms. The van der Waals surface area contributed by atoms with Crippen molar-refractivity contribution in [2.45, 2.75) is 19.1 Å². The third kappa shape index (κ3) is 6.25. The molecule has 3 N–H and O–H groups in total. The molecule has 172 valence electrons. The standard InChI is InChI=1S/C24H22F3N3O3/c1-15(31)28-20-12-11-19(14-21(20)33-2)29-22(16-7-4-3-5-8-16)23(32)30-18-10-6-9-17(13-18)24(25,26)27/h3-14,22,29H,1-2H3,(H,28,31)(H,30,32). The Morgan fingerprint density at radius 2 is 1.61 bits per heavy atom. The van der Waals surface area contributed by atoms with E-state index in [4.69, 9.17) is 4.74 Å². The average molecular weight is 457 g/mol. The van der Waals surface area contributed by atoms with Gasteiger partial charge in [-0.25, -0.2) is 0 Å². The van der Waals surface area contributed by atoms with Crippen LogP contribution in [0.1, 0.15) is 24.1 Å². The SMILES string of the molecule is COc1cc(NC(C(=O)Nc2cccc(C(F)(F)F)c2)c2ccccc2)ccc1NC(C)=O. The van der Waals surface area contributed by atoms with Crippen molar-refractivity contribution in [3.63, 3.8) is 0 Å². The molecule has 0 heterocycles. The van der Waals surface area contributed by atoms with Crippen LogP contribution in [0.15, 0.2) is 72.8 Å². The summed E-state index contributed by atoms with van der Waals surface area (Å²) in [6, 6.07) is 17.2. The van der Waals surface area contributed by atoms with Gasteiger partial charge in [-0.3, -0.25) is 9.59 Å². The summed E-state index contributed by atoms with van der Waals surface area (Å²) in [5, 5.41) is 8.28. The number of amides is 2. The number of alkyl halides is 3. The van der Waals surface area contributed by atoms with Crippen molar-refractivity contribution in [3.05, 3.63) is 83.9 Å². The summed E-state index contributed by atoms with van der Waals surface area (Å²) in [6.45, 7) is 1.37. The van der Waals surface area contributed by atoms with E-state index in [2.05, 4.69) is 16.0 Å². The van der Waals surface area contributed by atoms with Gasteiger partial charge in [0.1, 0.15) is 11.8 Å². The molecule has 3 aromatic rings. The number of hydrogen-bond acceptors (Lipinski definition) is 4.